The molecule has 0 unspecified atom stereocenters. The summed E-state index contributed by atoms with van der Waals surface area (Å²) in [5.74, 6) is -0.0694. The van der Waals surface area contributed by atoms with Crippen molar-refractivity contribution >= 4 is 5.91 Å². The van der Waals surface area contributed by atoms with E-state index in [1.165, 1.54) is 10.2 Å². The zero-order chi connectivity index (χ0) is 11.7. The maximum Gasteiger partial charge on any atom is 0.278 e. The second-order valence-electron chi connectivity index (χ2n) is 4.03. The first kappa shape index (κ1) is 10.6. The van der Waals surface area contributed by atoms with Crippen LogP contribution in [0.15, 0.2) is 30.6 Å². The van der Waals surface area contributed by atoms with Crippen LogP contribution < -0.4 is 0 Å². The molecule has 2 aromatic rings. The number of benzene rings is 1. The molecule has 3 heteroatoms. The zero-order valence-electron chi connectivity index (χ0n) is 9.69. The van der Waals surface area contributed by atoms with Gasteiger partial charge in [-0.2, -0.15) is 5.10 Å². The maximum absolute atomic E-state index is 12.2. The highest BCUT2D eigenvalue weighted by Gasteiger charge is 2.14. The molecule has 0 N–H and O–H groups in total. The SMILES string of the molecule is Cc1cc(C)c(C(=O)n2cccn2)c(C)c1. The molecule has 1 aromatic heterocycles. The van der Waals surface area contributed by atoms with E-state index < -0.39 is 0 Å². The summed E-state index contributed by atoms with van der Waals surface area (Å²) in [7, 11) is 0. The Morgan fingerprint density at radius 3 is 2.31 bits per heavy atom. The van der Waals surface area contributed by atoms with Gasteiger partial charge in [-0.3, -0.25) is 4.79 Å². The summed E-state index contributed by atoms with van der Waals surface area (Å²) in [6, 6.07) is 5.78. The van der Waals surface area contributed by atoms with Gasteiger partial charge in [-0.1, -0.05) is 17.7 Å². The van der Waals surface area contributed by atoms with Crippen LogP contribution in [0.5, 0.6) is 0 Å². The molecule has 0 aliphatic rings. The average Bonchev–Trinajstić information content (AvgIpc) is 2.67. The van der Waals surface area contributed by atoms with E-state index in [0.717, 1.165) is 16.7 Å². The molecule has 16 heavy (non-hydrogen) atoms. The molecule has 0 spiro atoms. The van der Waals surface area contributed by atoms with Crippen LogP contribution in [0, 0.1) is 20.8 Å². The molecule has 0 saturated carbocycles. The molecular formula is C13H14N2O. The van der Waals surface area contributed by atoms with Crippen molar-refractivity contribution in [3.63, 3.8) is 0 Å². The van der Waals surface area contributed by atoms with Crippen molar-refractivity contribution in [2.45, 2.75) is 20.8 Å². The van der Waals surface area contributed by atoms with Crippen molar-refractivity contribution in [2.75, 3.05) is 0 Å². The molecule has 1 heterocycles. The van der Waals surface area contributed by atoms with Crippen LogP contribution in [0.3, 0.4) is 0 Å². The largest absolute Gasteiger partial charge is 0.278 e. The second-order valence-corrected chi connectivity index (χ2v) is 4.03. The number of hydrogen-bond donors (Lipinski definition) is 0. The Bertz CT molecular complexity index is 504. The van der Waals surface area contributed by atoms with Gasteiger partial charge in [0.15, 0.2) is 0 Å². The lowest BCUT2D eigenvalue weighted by Crippen LogP contribution is -2.15. The maximum atomic E-state index is 12.2. The number of hydrogen-bond acceptors (Lipinski definition) is 2. The summed E-state index contributed by atoms with van der Waals surface area (Å²) < 4.78 is 1.37. The molecule has 0 aliphatic heterocycles. The summed E-state index contributed by atoms with van der Waals surface area (Å²) in [6.07, 6.45) is 3.28. The van der Waals surface area contributed by atoms with E-state index in [1.807, 2.05) is 32.9 Å². The third-order valence-electron chi connectivity index (χ3n) is 2.60. The normalized spacial score (nSPS) is 10.4. The molecule has 0 fully saturated rings. The summed E-state index contributed by atoms with van der Waals surface area (Å²) in [6.45, 7) is 5.94. The fourth-order valence-corrected chi connectivity index (χ4v) is 2.02. The second kappa shape index (κ2) is 3.93. The Morgan fingerprint density at radius 1 is 1.19 bits per heavy atom. The van der Waals surface area contributed by atoms with Crippen LogP contribution in [0.4, 0.5) is 0 Å². The standard InChI is InChI=1S/C13H14N2O/c1-9-7-10(2)12(11(3)8-9)13(16)15-6-4-5-14-15/h4-8H,1-3H3. The van der Waals surface area contributed by atoms with Gasteiger partial charge in [0.25, 0.3) is 5.91 Å². The quantitative estimate of drug-likeness (QED) is 0.731. The van der Waals surface area contributed by atoms with Gasteiger partial charge in [-0.05, 0) is 38.0 Å². The lowest BCUT2D eigenvalue weighted by molar-refractivity contribution is 0.0944. The topological polar surface area (TPSA) is 34.9 Å². The van der Waals surface area contributed by atoms with Gasteiger partial charge < -0.3 is 0 Å². The van der Waals surface area contributed by atoms with E-state index >= 15 is 0 Å². The van der Waals surface area contributed by atoms with E-state index in [2.05, 4.69) is 5.10 Å². The Balaban J connectivity index is 2.53. The van der Waals surface area contributed by atoms with Gasteiger partial charge in [0.2, 0.25) is 0 Å². The lowest BCUT2D eigenvalue weighted by atomic mass is 9.99. The van der Waals surface area contributed by atoms with Crippen molar-refractivity contribution < 1.29 is 4.79 Å². The molecule has 0 bridgehead atoms. The average molecular weight is 214 g/mol. The minimum Gasteiger partial charge on any atom is -0.267 e. The number of aryl methyl sites for hydroxylation is 3. The summed E-state index contributed by atoms with van der Waals surface area (Å²) in [4.78, 5) is 12.2. The van der Waals surface area contributed by atoms with Crippen LogP contribution in [0.1, 0.15) is 27.0 Å². The van der Waals surface area contributed by atoms with Crippen molar-refractivity contribution in [1.29, 1.82) is 0 Å². The van der Waals surface area contributed by atoms with Crippen molar-refractivity contribution in [3.8, 4) is 0 Å². The third-order valence-corrected chi connectivity index (χ3v) is 2.60. The van der Waals surface area contributed by atoms with Gasteiger partial charge >= 0.3 is 0 Å². The summed E-state index contributed by atoms with van der Waals surface area (Å²) in [5.41, 5.74) is 3.91. The van der Waals surface area contributed by atoms with Gasteiger partial charge in [0.1, 0.15) is 0 Å². The van der Waals surface area contributed by atoms with Gasteiger partial charge in [-0.15, -0.1) is 0 Å². The molecule has 2 rings (SSSR count). The molecule has 0 saturated heterocycles. The van der Waals surface area contributed by atoms with Crippen molar-refractivity contribution in [1.82, 2.24) is 9.78 Å². The van der Waals surface area contributed by atoms with Crippen LogP contribution in [-0.2, 0) is 0 Å². The molecule has 1 aromatic carbocycles. The Labute approximate surface area is 94.7 Å². The van der Waals surface area contributed by atoms with Crippen LogP contribution >= 0.6 is 0 Å². The predicted octanol–water partition coefficient (Wildman–Crippen LogP) is 2.50. The van der Waals surface area contributed by atoms with Crippen molar-refractivity contribution in [2.24, 2.45) is 0 Å². The van der Waals surface area contributed by atoms with E-state index in [-0.39, 0.29) is 5.91 Å². The lowest BCUT2D eigenvalue weighted by Gasteiger charge is -2.09. The molecule has 0 amide bonds. The minimum atomic E-state index is -0.0694. The molecular weight excluding hydrogens is 200 g/mol. The van der Waals surface area contributed by atoms with Crippen LogP contribution in [0.2, 0.25) is 0 Å². The molecule has 0 atom stereocenters. The highest BCUT2D eigenvalue weighted by atomic mass is 16.2. The smallest absolute Gasteiger partial charge is 0.267 e. The predicted molar refractivity (Wildman–Crippen MR) is 62.6 cm³/mol. The summed E-state index contributed by atoms with van der Waals surface area (Å²) in [5, 5.41) is 3.96. The monoisotopic (exact) mass is 214 g/mol. The summed E-state index contributed by atoms with van der Waals surface area (Å²) >= 11 is 0. The Morgan fingerprint density at radius 2 is 1.81 bits per heavy atom. The fraction of sp³-hybridized carbons (Fsp3) is 0.231. The Hall–Kier alpha value is -1.90. The molecule has 3 nitrogen and oxygen atoms in total. The van der Waals surface area contributed by atoms with E-state index in [0.29, 0.717) is 0 Å². The minimum absolute atomic E-state index is 0.0694. The number of aromatic nitrogens is 2. The van der Waals surface area contributed by atoms with Gasteiger partial charge in [0.05, 0.1) is 0 Å². The highest BCUT2D eigenvalue weighted by molar-refractivity contribution is 5.98. The van der Waals surface area contributed by atoms with E-state index in [4.69, 9.17) is 0 Å². The number of carbonyl (C=O) groups is 1. The molecule has 82 valence electrons. The van der Waals surface area contributed by atoms with E-state index in [1.54, 1.807) is 18.5 Å². The third kappa shape index (κ3) is 1.76. The highest BCUT2D eigenvalue weighted by Crippen LogP contribution is 2.17. The van der Waals surface area contributed by atoms with Gasteiger partial charge in [-0.25, -0.2) is 4.68 Å². The van der Waals surface area contributed by atoms with Gasteiger partial charge in [0, 0.05) is 18.0 Å². The number of rotatable bonds is 1. The Kier molecular flexibility index (Phi) is 2.60. The zero-order valence-corrected chi connectivity index (χ0v) is 9.69. The number of nitrogens with zero attached hydrogens (tertiary/aromatic N) is 2. The molecule has 0 aliphatic carbocycles. The van der Waals surface area contributed by atoms with Crippen LogP contribution in [-0.4, -0.2) is 15.7 Å². The van der Waals surface area contributed by atoms with Crippen molar-refractivity contribution in [3.05, 3.63) is 52.8 Å². The molecule has 0 radical (unpaired) electrons. The first-order valence-corrected chi connectivity index (χ1v) is 5.22. The fourth-order valence-electron chi connectivity index (χ4n) is 2.02. The van der Waals surface area contributed by atoms with E-state index in [9.17, 15) is 4.79 Å². The first-order chi connectivity index (χ1) is 7.59. The van der Waals surface area contributed by atoms with Crippen LogP contribution in [0.25, 0.3) is 0 Å². The first-order valence-electron chi connectivity index (χ1n) is 5.22. The number of carbonyl (C=O) groups excluding carboxylic acids is 1.